The fourth-order valence-electron chi connectivity index (χ4n) is 1.72. The van der Waals surface area contributed by atoms with Crippen LogP contribution in [0.15, 0.2) is 40.9 Å². The van der Waals surface area contributed by atoms with Gasteiger partial charge in [-0.25, -0.2) is 4.39 Å². The van der Waals surface area contributed by atoms with Gasteiger partial charge in [-0.2, -0.15) is 0 Å². The minimum absolute atomic E-state index is 0.0572. The average Bonchev–Trinajstić information content (AvgIpc) is 2.44. The SMILES string of the molecule is CNC(C)c1cccc(Oc2cc(F)c(Cl)cc2Br)c1. The Bertz CT molecular complexity index is 621. The predicted molar refractivity (Wildman–Crippen MR) is 83.1 cm³/mol. The lowest BCUT2D eigenvalue weighted by atomic mass is 10.1. The van der Waals surface area contributed by atoms with E-state index in [4.69, 9.17) is 16.3 Å². The van der Waals surface area contributed by atoms with Gasteiger partial charge in [0, 0.05) is 12.1 Å². The fourth-order valence-corrected chi connectivity index (χ4v) is 2.44. The molecular formula is C15H14BrClFNO. The van der Waals surface area contributed by atoms with Crippen molar-refractivity contribution in [1.29, 1.82) is 0 Å². The molecule has 0 aliphatic rings. The van der Waals surface area contributed by atoms with Gasteiger partial charge in [0.2, 0.25) is 0 Å². The van der Waals surface area contributed by atoms with Gasteiger partial charge in [0.05, 0.1) is 9.50 Å². The summed E-state index contributed by atoms with van der Waals surface area (Å²) in [6.45, 7) is 2.05. The molecule has 2 aromatic carbocycles. The predicted octanol–water partition coefficient (Wildman–Crippen LogP) is 5.31. The van der Waals surface area contributed by atoms with Gasteiger partial charge in [0.1, 0.15) is 17.3 Å². The Labute approximate surface area is 131 Å². The van der Waals surface area contributed by atoms with Crippen LogP contribution in [0.25, 0.3) is 0 Å². The van der Waals surface area contributed by atoms with Crippen LogP contribution in [0.3, 0.4) is 0 Å². The first-order valence-electron chi connectivity index (χ1n) is 6.11. The first-order chi connectivity index (χ1) is 9.51. The molecule has 0 heterocycles. The summed E-state index contributed by atoms with van der Waals surface area (Å²) in [6.07, 6.45) is 0. The van der Waals surface area contributed by atoms with E-state index in [1.807, 2.05) is 31.3 Å². The van der Waals surface area contributed by atoms with E-state index in [1.54, 1.807) is 0 Å². The van der Waals surface area contributed by atoms with Gasteiger partial charge in [0.15, 0.2) is 0 Å². The van der Waals surface area contributed by atoms with Crippen molar-refractivity contribution in [3.8, 4) is 11.5 Å². The third-order valence-electron chi connectivity index (χ3n) is 2.99. The van der Waals surface area contributed by atoms with Gasteiger partial charge in [-0.1, -0.05) is 23.7 Å². The molecule has 1 unspecified atom stereocenters. The number of halogens is 3. The summed E-state index contributed by atoms with van der Waals surface area (Å²) in [7, 11) is 1.89. The molecule has 0 aliphatic heterocycles. The van der Waals surface area contributed by atoms with Crippen LogP contribution in [0, 0.1) is 5.82 Å². The molecule has 2 aromatic rings. The smallest absolute Gasteiger partial charge is 0.145 e. The second kappa shape index (κ2) is 6.57. The highest BCUT2D eigenvalue weighted by Crippen LogP contribution is 2.34. The molecule has 0 aliphatic carbocycles. The molecule has 2 rings (SSSR count). The maximum atomic E-state index is 13.5. The maximum Gasteiger partial charge on any atom is 0.145 e. The molecule has 5 heteroatoms. The number of hydrogen-bond donors (Lipinski definition) is 1. The topological polar surface area (TPSA) is 21.3 Å². The lowest BCUT2D eigenvalue weighted by Crippen LogP contribution is -2.12. The van der Waals surface area contributed by atoms with Crippen molar-refractivity contribution in [3.05, 3.63) is 57.3 Å². The van der Waals surface area contributed by atoms with E-state index in [-0.39, 0.29) is 11.1 Å². The number of rotatable bonds is 4. The summed E-state index contributed by atoms with van der Waals surface area (Å²) in [6, 6.07) is 10.6. The van der Waals surface area contributed by atoms with E-state index in [2.05, 4.69) is 28.2 Å². The average molecular weight is 359 g/mol. The lowest BCUT2D eigenvalue weighted by Gasteiger charge is -2.13. The van der Waals surface area contributed by atoms with Crippen molar-refractivity contribution in [2.24, 2.45) is 0 Å². The zero-order chi connectivity index (χ0) is 14.7. The summed E-state index contributed by atoms with van der Waals surface area (Å²) in [4.78, 5) is 0. The Morgan fingerprint density at radius 1 is 1.30 bits per heavy atom. The first kappa shape index (κ1) is 15.3. The van der Waals surface area contributed by atoms with E-state index in [1.165, 1.54) is 12.1 Å². The Kier molecular flexibility index (Phi) is 5.02. The molecule has 1 atom stereocenters. The molecule has 1 N–H and O–H groups in total. The quantitative estimate of drug-likeness (QED) is 0.747. The number of hydrogen-bond acceptors (Lipinski definition) is 2. The minimum Gasteiger partial charge on any atom is -0.456 e. The van der Waals surface area contributed by atoms with Crippen LogP contribution < -0.4 is 10.1 Å². The molecular weight excluding hydrogens is 345 g/mol. The molecule has 0 radical (unpaired) electrons. The summed E-state index contributed by atoms with van der Waals surface area (Å²) < 4.78 is 19.8. The second-order valence-corrected chi connectivity index (χ2v) is 5.64. The van der Waals surface area contributed by atoms with Crippen LogP contribution in [0.2, 0.25) is 5.02 Å². The van der Waals surface area contributed by atoms with Gasteiger partial charge in [-0.05, 0) is 53.7 Å². The van der Waals surface area contributed by atoms with Crippen LogP contribution in [0.4, 0.5) is 4.39 Å². The summed E-state index contributed by atoms with van der Waals surface area (Å²) in [5, 5.41) is 3.22. The molecule has 0 amide bonds. The monoisotopic (exact) mass is 357 g/mol. The molecule has 2 nitrogen and oxygen atoms in total. The van der Waals surface area contributed by atoms with Gasteiger partial charge in [0.25, 0.3) is 0 Å². The van der Waals surface area contributed by atoms with Gasteiger partial charge in [-0.15, -0.1) is 0 Å². The van der Waals surface area contributed by atoms with E-state index in [0.717, 1.165) is 5.56 Å². The molecule has 0 fully saturated rings. The van der Waals surface area contributed by atoms with E-state index < -0.39 is 5.82 Å². The summed E-state index contributed by atoms with van der Waals surface area (Å²) in [5.41, 5.74) is 1.09. The Balaban J connectivity index is 2.28. The zero-order valence-electron chi connectivity index (χ0n) is 11.1. The van der Waals surface area contributed by atoms with Gasteiger partial charge < -0.3 is 10.1 Å². The van der Waals surface area contributed by atoms with Gasteiger partial charge in [-0.3, -0.25) is 0 Å². The van der Waals surface area contributed by atoms with E-state index in [0.29, 0.717) is 16.0 Å². The van der Waals surface area contributed by atoms with E-state index >= 15 is 0 Å². The Hall–Kier alpha value is -1.10. The Morgan fingerprint density at radius 3 is 2.75 bits per heavy atom. The zero-order valence-corrected chi connectivity index (χ0v) is 13.4. The molecule has 0 bridgehead atoms. The fraction of sp³-hybridized carbons (Fsp3) is 0.200. The third kappa shape index (κ3) is 3.51. The van der Waals surface area contributed by atoms with Gasteiger partial charge >= 0.3 is 0 Å². The second-order valence-electron chi connectivity index (χ2n) is 4.38. The highest BCUT2D eigenvalue weighted by atomic mass is 79.9. The summed E-state index contributed by atoms with van der Waals surface area (Å²) in [5.74, 6) is 0.526. The molecule has 0 saturated carbocycles. The highest BCUT2D eigenvalue weighted by molar-refractivity contribution is 9.10. The van der Waals surface area contributed by atoms with Crippen molar-refractivity contribution in [2.75, 3.05) is 7.05 Å². The van der Waals surface area contributed by atoms with Crippen molar-refractivity contribution in [1.82, 2.24) is 5.32 Å². The maximum absolute atomic E-state index is 13.5. The van der Waals surface area contributed by atoms with Crippen molar-refractivity contribution in [3.63, 3.8) is 0 Å². The third-order valence-corrected chi connectivity index (χ3v) is 3.90. The molecule has 20 heavy (non-hydrogen) atoms. The number of ether oxygens (including phenoxy) is 1. The number of benzene rings is 2. The normalized spacial score (nSPS) is 12.2. The van der Waals surface area contributed by atoms with E-state index in [9.17, 15) is 4.39 Å². The molecule has 0 spiro atoms. The van der Waals surface area contributed by atoms with Crippen LogP contribution in [0.5, 0.6) is 11.5 Å². The highest BCUT2D eigenvalue weighted by Gasteiger charge is 2.10. The van der Waals surface area contributed by atoms with Crippen LogP contribution in [-0.2, 0) is 0 Å². The standard InChI is InChI=1S/C15H14BrClFNO/c1-9(19-2)10-4-3-5-11(6-10)20-15-8-14(18)13(17)7-12(15)16/h3-9,19H,1-2H3. The molecule has 106 valence electrons. The first-order valence-corrected chi connectivity index (χ1v) is 7.28. The number of nitrogens with one attached hydrogen (secondary N) is 1. The van der Waals surface area contributed by atoms with Crippen molar-refractivity contribution >= 4 is 27.5 Å². The summed E-state index contributed by atoms with van der Waals surface area (Å²) >= 11 is 9.02. The van der Waals surface area contributed by atoms with Crippen LogP contribution in [-0.4, -0.2) is 7.05 Å². The van der Waals surface area contributed by atoms with Crippen LogP contribution >= 0.6 is 27.5 Å². The lowest BCUT2D eigenvalue weighted by molar-refractivity contribution is 0.472. The Morgan fingerprint density at radius 2 is 2.05 bits per heavy atom. The van der Waals surface area contributed by atoms with Crippen molar-refractivity contribution < 1.29 is 9.13 Å². The largest absolute Gasteiger partial charge is 0.456 e. The van der Waals surface area contributed by atoms with Crippen molar-refractivity contribution in [2.45, 2.75) is 13.0 Å². The van der Waals surface area contributed by atoms with Crippen LogP contribution in [0.1, 0.15) is 18.5 Å². The molecule has 0 aromatic heterocycles. The molecule has 0 saturated heterocycles. The minimum atomic E-state index is -0.510.